The van der Waals surface area contributed by atoms with Crippen molar-refractivity contribution in [3.05, 3.63) is 41.5 Å². The molecule has 1 aromatic carbocycles. The fraction of sp³-hybridized carbons (Fsp3) is 0.742. The van der Waals surface area contributed by atoms with Crippen LogP contribution in [-0.4, -0.2) is 28.5 Å². The molecule has 0 amide bonds. The van der Waals surface area contributed by atoms with Crippen molar-refractivity contribution >= 4 is 0 Å². The third-order valence-electron chi connectivity index (χ3n) is 11.0. The van der Waals surface area contributed by atoms with Crippen LogP contribution in [0, 0.1) is 34.5 Å². The Morgan fingerprint density at radius 1 is 1.03 bits per heavy atom. The van der Waals surface area contributed by atoms with Crippen molar-refractivity contribution in [2.24, 2.45) is 34.5 Å². The zero-order valence-electron chi connectivity index (χ0n) is 21.9. The van der Waals surface area contributed by atoms with Gasteiger partial charge >= 0.3 is 0 Å². The van der Waals surface area contributed by atoms with E-state index >= 15 is 0 Å². The molecule has 1 unspecified atom stereocenters. The fourth-order valence-electron chi connectivity index (χ4n) is 9.15. The summed E-state index contributed by atoms with van der Waals surface area (Å²) in [5, 5.41) is 22.1. The van der Waals surface area contributed by atoms with E-state index in [1.807, 2.05) is 6.92 Å². The first-order chi connectivity index (χ1) is 16.2. The lowest BCUT2D eigenvalue weighted by Gasteiger charge is -2.59. The lowest BCUT2D eigenvalue weighted by molar-refractivity contribution is -0.104. The normalized spacial score (nSPS) is 41.0. The minimum Gasteiger partial charge on any atom is -0.494 e. The van der Waals surface area contributed by atoms with Crippen molar-refractivity contribution < 1.29 is 14.9 Å². The van der Waals surface area contributed by atoms with Crippen molar-refractivity contribution in [1.82, 2.24) is 0 Å². The van der Waals surface area contributed by atoms with Crippen LogP contribution in [0.3, 0.4) is 0 Å². The van der Waals surface area contributed by atoms with Gasteiger partial charge in [-0.2, -0.15) is 0 Å². The standard InChI is InChI=1S/C31H46O3/c1-5-34-24-9-6-21(7-10-24)14-19-31(4,33)28-13-12-26-25-11-8-22-20-23(32)15-17-29(22,2)27(25)16-18-30(26,28)3/h6-10,23,25-28,32-33H,5,11-20H2,1-4H3/t23-,25-,26-,27-,28-,29-,30-,31?/m0/s1. The number of ether oxygens (including phenoxy) is 1. The zero-order valence-corrected chi connectivity index (χ0v) is 21.9. The van der Waals surface area contributed by atoms with Gasteiger partial charge in [-0.1, -0.05) is 37.6 Å². The second-order valence-corrected chi connectivity index (χ2v) is 12.8. The van der Waals surface area contributed by atoms with Crippen LogP contribution < -0.4 is 4.74 Å². The highest BCUT2D eigenvalue weighted by Crippen LogP contribution is 2.67. The van der Waals surface area contributed by atoms with Gasteiger partial charge < -0.3 is 14.9 Å². The molecular weight excluding hydrogens is 420 g/mol. The number of hydrogen-bond acceptors (Lipinski definition) is 3. The first kappa shape index (κ1) is 24.4. The van der Waals surface area contributed by atoms with Crippen molar-refractivity contribution in [3.63, 3.8) is 0 Å². The lowest BCUT2D eigenvalue weighted by Crippen LogP contribution is -2.53. The minimum absolute atomic E-state index is 0.133. The maximum Gasteiger partial charge on any atom is 0.119 e. The number of fused-ring (bicyclic) bond motifs is 5. The average Bonchev–Trinajstić information content (AvgIpc) is 3.17. The molecule has 3 nitrogen and oxygen atoms in total. The number of rotatable bonds is 6. The molecule has 0 saturated heterocycles. The van der Waals surface area contributed by atoms with E-state index in [1.165, 1.54) is 31.2 Å². The summed E-state index contributed by atoms with van der Waals surface area (Å²) < 4.78 is 5.58. The van der Waals surface area contributed by atoms with E-state index in [0.717, 1.165) is 62.0 Å². The maximum absolute atomic E-state index is 11.8. The Balaban J connectivity index is 1.30. The molecule has 0 spiro atoms. The summed E-state index contributed by atoms with van der Waals surface area (Å²) in [5.74, 6) is 3.52. The molecule has 4 aliphatic rings. The molecule has 3 saturated carbocycles. The second-order valence-electron chi connectivity index (χ2n) is 12.8. The number of hydrogen-bond donors (Lipinski definition) is 2. The molecule has 4 aliphatic carbocycles. The first-order valence-electron chi connectivity index (χ1n) is 14.0. The van der Waals surface area contributed by atoms with E-state index in [2.05, 4.69) is 51.1 Å². The molecule has 188 valence electrons. The lowest BCUT2D eigenvalue weighted by atomic mass is 9.46. The van der Waals surface area contributed by atoms with Crippen molar-refractivity contribution in [1.29, 1.82) is 0 Å². The number of benzene rings is 1. The van der Waals surface area contributed by atoms with E-state index < -0.39 is 5.60 Å². The molecule has 2 N–H and O–H groups in total. The van der Waals surface area contributed by atoms with Gasteiger partial charge in [0.1, 0.15) is 5.75 Å². The van der Waals surface area contributed by atoms with Crippen LogP contribution in [0.1, 0.15) is 91.0 Å². The maximum atomic E-state index is 11.8. The Labute approximate surface area is 207 Å². The minimum atomic E-state index is -0.635. The number of aliphatic hydroxyl groups excluding tert-OH is 1. The highest BCUT2D eigenvalue weighted by molar-refractivity contribution is 5.28. The summed E-state index contributed by atoms with van der Waals surface area (Å²) in [4.78, 5) is 0. The van der Waals surface area contributed by atoms with Gasteiger partial charge in [0, 0.05) is 0 Å². The van der Waals surface area contributed by atoms with Crippen LogP contribution in [0.5, 0.6) is 5.75 Å². The summed E-state index contributed by atoms with van der Waals surface area (Å²) in [6, 6.07) is 8.41. The number of aryl methyl sites for hydroxylation is 1. The highest BCUT2D eigenvalue weighted by atomic mass is 16.5. The Morgan fingerprint density at radius 3 is 2.53 bits per heavy atom. The van der Waals surface area contributed by atoms with Crippen LogP contribution in [0.25, 0.3) is 0 Å². The molecule has 8 atom stereocenters. The number of allylic oxidation sites excluding steroid dienone is 1. The van der Waals surface area contributed by atoms with Gasteiger partial charge in [-0.25, -0.2) is 0 Å². The summed E-state index contributed by atoms with van der Waals surface area (Å²) in [6.07, 6.45) is 13.3. The molecule has 3 fully saturated rings. The molecule has 0 heterocycles. The van der Waals surface area contributed by atoms with Crippen LogP contribution in [0.15, 0.2) is 35.9 Å². The van der Waals surface area contributed by atoms with Crippen LogP contribution in [-0.2, 0) is 6.42 Å². The third kappa shape index (κ3) is 4.05. The molecule has 5 rings (SSSR count). The average molecular weight is 467 g/mol. The predicted octanol–water partition coefficient (Wildman–Crippen LogP) is 6.71. The van der Waals surface area contributed by atoms with E-state index in [4.69, 9.17) is 4.74 Å². The van der Waals surface area contributed by atoms with E-state index in [1.54, 1.807) is 5.57 Å². The van der Waals surface area contributed by atoms with Gasteiger partial charge in [-0.15, -0.1) is 0 Å². The summed E-state index contributed by atoms with van der Waals surface area (Å²) in [5.41, 5.74) is 2.72. The Hall–Kier alpha value is -1.32. The summed E-state index contributed by atoms with van der Waals surface area (Å²) >= 11 is 0. The highest BCUT2D eigenvalue weighted by Gasteiger charge is 2.61. The van der Waals surface area contributed by atoms with Gasteiger partial charge in [0.15, 0.2) is 0 Å². The topological polar surface area (TPSA) is 49.7 Å². The van der Waals surface area contributed by atoms with Crippen molar-refractivity contribution in [2.75, 3.05) is 6.61 Å². The first-order valence-corrected chi connectivity index (χ1v) is 14.0. The van der Waals surface area contributed by atoms with Gasteiger partial charge in [-0.05, 0) is 130 Å². The fourth-order valence-corrected chi connectivity index (χ4v) is 9.15. The Kier molecular flexibility index (Phi) is 6.43. The second kappa shape index (κ2) is 8.96. The molecule has 3 heteroatoms. The smallest absolute Gasteiger partial charge is 0.119 e. The molecular formula is C31H46O3. The number of aliphatic hydroxyl groups is 2. The third-order valence-corrected chi connectivity index (χ3v) is 11.0. The summed E-state index contributed by atoms with van der Waals surface area (Å²) in [7, 11) is 0. The van der Waals surface area contributed by atoms with Gasteiger partial charge in [0.25, 0.3) is 0 Å². The zero-order chi connectivity index (χ0) is 24.1. The van der Waals surface area contributed by atoms with Crippen LogP contribution in [0.4, 0.5) is 0 Å². The van der Waals surface area contributed by atoms with E-state index in [0.29, 0.717) is 12.5 Å². The molecule has 34 heavy (non-hydrogen) atoms. The van der Waals surface area contributed by atoms with Crippen LogP contribution >= 0.6 is 0 Å². The van der Waals surface area contributed by atoms with Gasteiger partial charge in [0.05, 0.1) is 18.3 Å². The molecule has 1 aromatic rings. The molecule has 0 aromatic heterocycles. The molecule has 0 radical (unpaired) electrons. The van der Waals surface area contributed by atoms with Crippen LogP contribution in [0.2, 0.25) is 0 Å². The summed E-state index contributed by atoms with van der Waals surface area (Å²) in [6.45, 7) is 9.84. The predicted molar refractivity (Wildman–Crippen MR) is 138 cm³/mol. The largest absolute Gasteiger partial charge is 0.494 e. The molecule has 0 bridgehead atoms. The van der Waals surface area contributed by atoms with Crippen molar-refractivity contribution in [2.45, 2.75) is 104 Å². The van der Waals surface area contributed by atoms with Gasteiger partial charge in [0.2, 0.25) is 0 Å². The quantitative estimate of drug-likeness (QED) is 0.458. The van der Waals surface area contributed by atoms with E-state index in [-0.39, 0.29) is 16.9 Å². The van der Waals surface area contributed by atoms with E-state index in [9.17, 15) is 10.2 Å². The van der Waals surface area contributed by atoms with Crippen molar-refractivity contribution in [3.8, 4) is 5.75 Å². The Morgan fingerprint density at radius 2 is 1.79 bits per heavy atom. The van der Waals surface area contributed by atoms with Gasteiger partial charge in [-0.3, -0.25) is 0 Å². The molecule has 0 aliphatic heterocycles. The monoisotopic (exact) mass is 466 g/mol. The Bertz CT molecular complexity index is 902. The SMILES string of the molecule is CCOc1ccc(CCC(C)(O)[C@H]2CC[C@H]3[C@@H]4CC=C5C[C@@H](O)CC[C@]5(C)[C@H]4CC[C@]23C)cc1.